The van der Waals surface area contributed by atoms with Crippen LogP contribution in [0.15, 0.2) is 11.3 Å². The summed E-state index contributed by atoms with van der Waals surface area (Å²) in [6.45, 7) is 1.17. The topological polar surface area (TPSA) is 70.3 Å². The summed E-state index contributed by atoms with van der Waals surface area (Å²) in [5.74, 6) is -3.73. The first-order chi connectivity index (χ1) is 6.34. The molecule has 0 spiro atoms. The van der Waals surface area contributed by atoms with Gasteiger partial charge < -0.3 is 11.3 Å². The number of hydrogen-bond acceptors (Lipinski definition) is 4. The summed E-state index contributed by atoms with van der Waals surface area (Å²) in [5.41, 5.74) is -1.45. The van der Waals surface area contributed by atoms with E-state index in [1.54, 1.807) is 0 Å². The Kier molecular flexibility index (Phi) is 7.48. The number of nitriles is 1. The van der Waals surface area contributed by atoms with E-state index in [0.717, 1.165) is 6.07 Å². The second-order valence-corrected chi connectivity index (χ2v) is 2.05. The standard InChI is InChI=1S/C7H6F3NO3.Na.H/c1-2-14-6(13)4(3-11)5(12)7(8,9)10;;/h12H,2H2,1H3;;/q;+1;-1/b5-4-;;. The zero-order valence-corrected chi connectivity index (χ0v) is 10.1. The fourth-order valence-corrected chi connectivity index (χ4v) is 0.540. The minimum Gasteiger partial charge on any atom is -1.00 e. The predicted octanol–water partition coefficient (Wildman–Crippen LogP) is -1.44. The predicted molar refractivity (Wildman–Crippen MR) is 39.1 cm³/mol. The SMILES string of the molecule is CCOC(=O)/C(C#N)=C(\O)C(F)(F)F.[H-].[Na+]. The molecule has 0 radical (unpaired) electrons. The fraction of sp³-hybridized carbons (Fsp3) is 0.429. The Morgan fingerprint density at radius 1 is 1.60 bits per heavy atom. The first-order valence-corrected chi connectivity index (χ1v) is 3.42. The Hall–Kier alpha value is -0.710. The Bertz CT molecular complexity index is 311. The van der Waals surface area contributed by atoms with Crippen molar-refractivity contribution in [1.82, 2.24) is 0 Å². The summed E-state index contributed by atoms with van der Waals surface area (Å²) >= 11 is 0. The van der Waals surface area contributed by atoms with Crippen LogP contribution in [-0.4, -0.2) is 23.9 Å². The molecule has 0 bridgehead atoms. The van der Waals surface area contributed by atoms with Gasteiger partial charge in [-0.2, -0.15) is 18.4 Å². The maximum Gasteiger partial charge on any atom is 1.00 e. The molecule has 1 N–H and O–H groups in total. The Morgan fingerprint density at radius 3 is 2.33 bits per heavy atom. The van der Waals surface area contributed by atoms with Crippen molar-refractivity contribution < 1.29 is 58.8 Å². The summed E-state index contributed by atoms with van der Waals surface area (Å²) in [5, 5.41) is 16.7. The third kappa shape index (κ3) is 5.06. The minimum absolute atomic E-state index is 0. The average Bonchev–Trinajstić information content (AvgIpc) is 2.04. The van der Waals surface area contributed by atoms with E-state index in [-0.39, 0.29) is 37.6 Å². The molecule has 0 saturated heterocycles. The van der Waals surface area contributed by atoms with Crippen LogP contribution in [0.2, 0.25) is 0 Å². The van der Waals surface area contributed by atoms with Crippen molar-refractivity contribution in [2.24, 2.45) is 0 Å². The fourth-order valence-electron chi connectivity index (χ4n) is 0.540. The number of aliphatic hydroxyl groups excluding tert-OH is 1. The molecule has 0 saturated carbocycles. The van der Waals surface area contributed by atoms with Crippen molar-refractivity contribution >= 4 is 5.97 Å². The molecule has 8 heteroatoms. The van der Waals surface area contributed by atoms with Crippen LogP contribution in [0.5, 0.6) is 0 Å². The van der Waals surface area contributed by atoms with Crippen molar-refractivity contribution in [2.75, 3.05) is 6.61 Å². The molecule has 15 heavy (non-hydrogen) atoms. The summed E-state index contributed by atoms with van der Waals surface area (Å²) in [7, 11) is 0. The van der Waals surface area contributed by atoms with Gasteiger partial charge in [-0.1, -0.05) is 0 Å². The van der Waals surface area contributed by atoms with Gasteiger partial charge in [-0.15, -0.1) is 0 Å². The van der Waals surface area contributed by atoms with Crippen LogP contribution in [0, 0.1) is 11.3 Å². The van der Waals surface area contributed by atoms with Crippen LogP contribution in [-0.2, 0) is 9.53 Å². The van der Waals surface area contributed by atoms with Crippen molar-refractivity contribution in [3.8, 4) is 6.07 Å². The molecule has 0 aliphatic carbocycles. The van der Waals surface area contributed by atoms with E-state index in [2.05, 4.69) is 4.74 Å². The van der Waals surface area contributed by atoms with Gasteiger partial charge >= 0.3 is 41.7 Å². The molecule has 0 heterocycles. The smallest absolute Gasteiger partial charge is 1.00 e. The third-order valence-electron chi connectivity index (χ3n) is 1.10. The second-order valence-electron chi connectivity index (χ2n) is 2.05. The van der Waals surface area contributed by atoms with E-state index in [1.165, 1.54) is 6.92 Å². The van der Waals surface area contributed by atoms with Crippen LogP contribution < -0.4 is 29.6 Å². The molecule has 0 rings (SSSR count). The Morgan fingerprint density at radius 2 is 2.07 bits per heavy atom. The van der Waals surface area contributed by atoms with E-state index in [0.29, 0.717) is 0 Å². The van der Waals surface area contributed by atoms with Crippen molar-refractivity contribution in [2.45, 2.75) is 13.1 Å². The maximum atomic E-state index is 11.8. The first-order valence-electron chi connectivity index (χ1n) is 3.42. The molecule has 4 nitrogen and oxygen atoms in total. The quantitative estimate of drug-likeness (QED) is 0.208. The zero-order valence-electron chi connectivity index (χ0n) is 9.05. The number of alkyl halides is 3. The molecular weight excluding hydrogens is 226 g/mol. The van der Waals surface area contributed by atoms with Crippen LogP contribution in [0.25, 0.3) is 0 Å². The normalized spacial score (nSPS) is 11.9. The zero-order chi connectivity index (χ0) is 11.4. The van der Waals surface area contributed by atoms with Gasteiger partial charge in [0.05, 0.1) is 6.61 Å². The van der Waals surface area contributed by atoms with Crippen molar-refractivity contribution in [3.63, 3.8) is 0 Å². The molecule has 0 aliphatic heterocycles. The van der Waals surface area contributed by atoms with Gasteiger partial charge in [-0.25, -0.2) is 4.79 Å². The average molecular weight is 233 g/mol. The summed E-state index contributed by atoms with van der Waals surface area (Å²) in [6, 6.07) is 0.928. The summed E-state index contributed by atoms with van der Waals surface area (Å²) in [4.78, 5) is 10.7. The van der Waals surface area contributed by atoms with Crippen molar-refractivity contribution in [1.29, 1.82) is 5.26 Å². The molecule has 0 unspecified atom stereocenters. The number of allylic oxidation sites excluding steroid dienone is 1. The van der Waals surface area contributed by atoms with Gasteiger partial charge in [0.15, 0.2) is 5.57 Å². The van der Waals surface area contributed by atoms with E-state index in [1.807, 2.05) is 0 Å². The largest absolute Gasteiger partial charge is 1.00 e. The molecule has 0 amide bonds. The Balaban J connectivity index is -0.000000845. The summed E-state index contributed by atoms with van der Waals surface area (Å²) in [6.07, 6.45) is -5.13. The van der Waals surface area contributed by atoms with Gasteiger partial charge in [0.2, 0.25) is 5.76 Å². The van der Waals surface area contributed by atoms with Crippen molar-refractivity contribution in [3.05, 3.63) is 11.3 Å². The second kappa shape index (κ2) is 6.71. The number of esters is 1. The molecular formula is C7H7F3NNaO3. The Labute approximate surface area is 107 Å². The number of rotatable bonds is 2. The molecule has 0 fully saturated rings. The molecule has 0 aromatic carbocycles. The number of hydrogen-bond donors (Lipinski definition) is 1. The van der Waals surface area contributed by atoms with Gasteiger partial charge in [-0.3, -0.25) is 0 Å². The first kappa shape index (κ1) is 16.7. The molecule has 80 valence electrons. The number of carbonyl (C=O) groups is 1. The van der Waals surface area contributed by atoms with Gasteiger partial charge in [0.1, 0.15) is 6.07 Å². The van der Waals surface area contributed by atoms with E-state index < -0.39 is 23.5 Å². The van der Waals surface area contributed by atoms with Gasteiger partial charge in [-0.05, 0) is 6.92 Å². The number of nitrogens with zero attached hydrogens (tertiary/aromatic N) is 1. The number of halogens is 3. The van der Waals surface area contributed by atoms with Gasteiger partial charge in [0.25, 0.3) is 0 Å². The number of ether oxygens (including phenoxy) is 1. The summed E-state index contributed by atoms with van der Waals surface area (Å²) < 4.78 is 39.6. The van der Waals surface area contributed by atoms with Crippen LogP contribution in [0.1, 0.15) is 8.35 Å². The monoisotopic (exact) mass is 233 g/mol. The third-order valence-corrected chi connectivity index (χ3v) is 1.10. The van der Waals surface area contributed by atoms with Crippen LogP contribution in [0.3, 0.4) is 0 Å². The van der Waals surface area contributed by atoms with Crippen LogP contribution >= 0.6 is 0 Å². The number of carbonyl (C=O) groups excluding carboxylic acids is 1. The van der Waals surface area contributed by atoms with Gasteiger partial charge in [0, 0.05) is 0 Å². The minimum atomic E-state index is -5.13. The molecule has 0 aromatic rings. The van der Waals surface area contributed by atoms with E-state index in [4.69, 9.17) is 10.4 Å². The molecule has 0 aliphatic rings. The maximum absolute atomic E-state index is 11.8. The van der Waals surface area contributed by atoms with Crippen LogP contribution in [0.4, 0.5) is 13.2 Å². The van der Waals surface area contributed by atoms with E-state index in [9.17, 15) is 18.0 Å². The number of aliphatic hydroxyl groups is 1. The van der Waals surface area contributed by atoms with E-state index >= 15 is 0 Å². The molecule has 0 atom stereocenters. The molecule has 0 aromatic heterocycles.